The van der Waals surface area contributed by atoms with Gasteiger partial charge in [-0.25, -0.2) is 9.97 Å². The highest BCUT2D eigenvalue weighted by Gasteiger charge is 2.25. The van der Waals surface area contributed by atoms with Crippen molar-refractivity contribution in [3.63, 3.8) is 0 Å². The number of nitro groups is 1. The Morgan fingerprint density at radius 1 is 1.21 bits per heavy atom. The Kier molecular flexibility index (Phi) is 4.94. The molecule has 0 aliphatic carbocycles. The number of aryl methyl sites for hydroxylation is 1. The highest BCUT2D eigenvalue weighted by molar-refractivity contribution is 5.86. The number of benzene rings is 1. The summed E-state index contributed by atoms with van der Waals surface area (Å²) in [5, 5.41) is 16.1. The largest absolute Gasteiger partial charge is 0.477 e. The summed E-state index contributed by atoms with van der Waals surface area (Å²) in [6.45, 7) is 1.98. The molecular formula is C18H19N7O4. The van der Waals surface area contributed by atoms with Crippen molar-refractivity contribution in [1.82, 2.24) is 24.6 Å². The van der Waals surface area contributed by atoms with E-state index in [1.54, 1.807) is 27.9 Å². The van der Waals surface area contributed by atoms with Gasteiger partial charge < -0.3 is 14.5 Å². The van der Waals surface area contributed by atoms with Crippen LogP contribution in [0.15, 0.2) is 36.8 Å². The number of nitrogens with zero attached hydrogens (tertiary/aromatic N) is 7. The average molecular weight is 397 g/mol. The van der Waals surface area contributed by atoms with E-state index in [1.165, 1.54) is 18.5 Å². The maximum atomic E-state index is 12.5. The Morgan fingerprint density at radius 3 is 2.72 bits per heavy atom. The molecule has 1 aliphatic heterocycles. The molecule has 0 bridgehead atoms. The van der Waals surface area contributed by atoms with Gasteiger partial charge in [-0.2, -0.15) is 5.10 Å². The van der Waals surface area contributed by atoms with Crippen molar-refractivity contribution in [1.29, 1.82) is 0 Å². The topological polar surface area (TPSA) is 120 Å². The van der Waals surface area contributed by atoms with Gasteiger partial charge in [0.15, 0.2) is 18.0 Å². The Bertz CT molecular complexity index is 1060. The summed E-state index contributed by atoms with van der Waals surface area (Å²) >= 11 is 0. The van der Waals surface area contributed by atoms with Crippen molar-refractivity contribution in [3.8, 4) is 5.75 Å². The van der Waals surface area contributed by atoms with Crippen LogP contribution in [0.5, 0.6) is 5.75 Å². The molecule has 1 amide bonds. The summed E-state index contributed by atoms with van der Waals surface area (Å²) in [6.07, 6.45) is 3.25. The van der Waals surface area contributed by atoms with Gasteiger partial charge in [-0.3, -0.25) is 19.6 Å². The highest BCUT2D eigenvalue weighted by Crippen LogP contribution is 2.26. The van der Waals surface area contributed by atoms with E-state index < -0.39 is 4.92 Å². The third-order valence-corrected chi connectivity index (χ3v) is 4.85. The smallest absolute Gasteiger partial charge is 0.310 e. The van der Waals surface area contributed by atoms with Crippen LogP contribution >= 0.6 is 0 Å². The van der Waals surface area contributed by atoms with Crippen molar-refractivity contribution >= 4 is 28.4 Å². The number of hydrogen-bond acceptors (Lipinski definition) is 8. The number of anilines is 1. The number of para-hydroxylation sites is 2. The summed E-state index contributed by atoms with van der Waals surface area (Å²) < 4.78 is 7.10. The minimum absolute atomic E-state index is 0.0874. The van der Waals surface area contributed by atoms with Crippen LogP contribution in [0.3, 0.4) is 0 Å². The molecule has 11 heteroatoms. The van der Waals surface area contributed by atoms with E-state index in [4.69, 9.17) is 4.74 Å². The molecule has 4 rings (SSSR count). The van der Waals surface area contributed by atoms with Crippen LogP contribution in [-0.2, 0) is 11.8 Å². The SMILES string of the molecule is Cn1ncc2c(N3CCN(C(=O)COc4ccccc4[N+](=O)[O-])CC3)ncnc21. The monoisotopic (exact) mass is 397 g/mol. The third-order valence-electron chi connectivity index (χ3n) is 4.85. The molecule has 1 saturated heterocycles. The number of amides is 1. The van der Waals surface area contributed by atoms with Crippen LogP contribution in [-0.4, -0.2) is 68.3 Å². The van der Waals surface area contributed by atoms with Gasteiger partial charge in [0.25, 0.3) is 5.91 Å². The fourth-order valence-corrected chi connectivity index (χ4v) is 3.33. The zero-order valence-corrected chi connectivity index (χ0v) is 15.8. The van der Waals surface area contributed by atoms with Crippen LogP contribution < -0.4 is 9.64 Å². The van der Waals surface area contributed by atoms with Crippen LogP contribution in [0.1, 0.15) is 0 Å². The van der Waals surface area contributed by atoms with E-state index in [1.807, 2.05) is 7.05 Å². The molecule has 11 nitrogen and oxygen atoms in total. The number of hydrogen-bond donors (Lipinski definition) is 0. The Hall–Kier alpha value is -3.76. The first kappa shape index (κ1) is 18.6. The lowest BCUT2D eigenvalue weighted by Crippen LogP contribution is -2.50. The normalized spacial score (nSPS) is 14.2. The van der Waals surface area contributed by atoms with Gasteiger partial charge in [-0.15, -0.1) is 0 Å². The van der Waals surface area contributed by atoms with Crippen molar-refractivity contribution in [2.45, 2.75) is 0 Å². The first-order chi connectivity index (χ1) is 14.0. The third kappa shape index (κ3) is 3.66. The van der Waals surface area contributed by atoms with E-state index in [9.17, 15) is 14.9 Å². The van der Waals surface area contributed by atoms with Gasteiger partial charge in [-0.05, 0) is 6.07 Å². The number of carbonyl (C=O) groups is 1. The molecule has 0 unspecified atom stereocenters. The Morgan fingerprint density at radius 2 is 1.97 bits per heavy atom. The van der Waals surface area contributed by atoms with E-state index >= 15 is 0 Å². The Balaban J connectivity index is 1.37. The molecule has 0 radical (unpaired) electrons. The van der Waals surface area contributed by atoms with Gasteiger partial charge in [-0.1, -0.05) is 12.1 Å². The fraction of sp³-hybridized carbons (Fsp3) is 0.333. The highest BCUT2D eigenvalue weighted by atomic mass is 16.6. The van der Waals surface area contributed by atoms with Gasteiger partial charge in [0.1, 0.15) is 12.1 Å². The number of carbonyl (C=O) groups excluding carboxylic acids is 1. The van der Waals surface area contributed by atoms with Gasteiger partial charge in [0, 0.05) is 39.3 Å². The quantitative estimate of drug-likeness (QED) is 0.462. The lowest BCUT2D eigenvalue weighted by Gasteiger charge is -2.35. The molecule has 3 aromatic rings. The molecular weight excluding hydrogens is 378 g/mol. The predicted molar refractivity (Wildman–Crippen MR) is 104 cm³/mol. The van der Waals surface area contributed by atoms with Crippen molar-refractivity contribution in [2.75, 3.05) is 37.7 Å². The molecule has 29 heavy (non-hydrogen) atoms. The lowest BCUT2D eigenvalue weighted by molar-refractivity contribution is -0.385. The minimum Gasteiger partial charge on any atom is -0.477 e. The summed E-state index contributed by atoms with van der Waals surface area (Å²) in [5.74, 6) is 0.674. The molecule has 0 saturated carbocycles. The second-order valence-corrected chi connectivity index (χ2v) is 6.58. The molecule has 2 aromatic heterocycles. The van der Waals surface area contributed by atoms with E-state index in [0.29, 0.717) is 26.2 Å². The van der Waals surface area contributed by atoms with Crippen molar-refractivity contribution in [3.05, 3.63) is 46.9 Å². The molecule has 1 aliphatic rings. The number of nitro benzene ring substituents is 1. The summed E-state index contributed by atoms with van der Waals surface area (Å²) in [6, 6.07) is 6.02. The number of fused-ring (bicyclic) bond motifs is 1. The average Bonchev–Trinajstić information content (AvgIpc) is 3.13. The molecule has 1 fully saturated rings. The lowest BCUT2D eigenvalue weighted by atomic mass is 10.2. The molecule has 3 heterocycles. The Labute approximate surface area is 165 Å². The number of aromatic nitrogens is 4. The number of piperazine rings is 1. The molecule has 0 atom stereocenters. The summed E-state index contributed by atoms with van der Waals surface area (Å²) in [5.41, 5.74) is 0.598. The molecule has 0 spiro atoms. The standard InChI is InChI=1S/C18H19N7O4/c1-22-17-13(10-21-22)18(20-12-19-17)24-8-6-23(7-9-24)16(26)11-29-15-5-3-2-4-14(15)25(27)28/h2-5,10,12H,6-9,11H2,1H3. The first-order valence-corrected chi connectivity index (χ1v) is 9.06. The maximum Gasteiger partial charge on any atom is 0.310 e. The van der Waals surface area contributed by atoms with E-state index in [0.717, 1.165) is 16.9 Å². The van der Waals surface area contributed by atoms with Gasteiger partial charge in [0.2, 0.25) is 0 Å². The summed E-state index contributed by atoms with van der Waals surface area (Å²) in [4.78, 5) is 35.4. The first-order valence-electron chi connectivity index (χ1n) is 9.06. The second kappa shape index (κ2) is 7.70. The summed E-state index contributed by atoms with van der Waals surface area (Å²) in [7, 11) is 1.83. The molecule has 0 N–H and O–H groups in total. The minimum atomic E-state index is -0.528. The van der Waals surface area contributed by atoms with Crippen LogP contribution in [0.4, 0.5) is 11.5 Å². The van der Waals surface area contributed by atoms with E-state index in [-0.39, 0.29) is 24.0 Å². The van der Waals surface area contributed by atoms with Crippen LogP contribution in [0.25, 0.3) is 11.0 Å². The van der Waals surface area contributed by atoms with E-state index in [2.05, 4.69) is 20.0 Å². The molecule has 150 valence electrons. The van der Waals surface area contributed by atoms with Crippen LogP contribution in [0, 0.1) is 10.1 Å². The number of rotatable bonds is 5. The van der Waals surface area contributed by atoms with Gasteiger partial charge in [0.05, 0.1) is 16.5 Å². The second-order valence-electron chi connectivity index (χ2n) is 6.58. The van der Waals surface area contributed by atoms with Crippen molar-refractivity contribution in [2.24, 2.45) is 7.05 Å². The predicted octanol–water partition coefficient (Wildman–Crippen LogP) is 0.999. The number of ether oxygens (including phenoxy) is 1. The van der Waals surface area contributed by atoms with Gasteiger partial charge >= 0.3 is 5.69 Å². The van der Waals surface area contributed by atoms with Crippen LogP contribution in [0.2, 0.25) is 0 Å². The zero-order valence-electron chi connectivity index (χ0n) is 15.8. The van der Waals surface area contributed by atoms with Crippen molar-refractivity contribution < 1.29 is 14.5 Å². The zero-order chi connectivity index (χ0) is 20.4. The fourth-order valence-electron chi connectivity index (χ4n) is 3.33. The molecule has 1 aromatic carbocycles. The maximum absolute atomic E-state index is 12.5.